The summed E-state index contributed by atoms with van der Waals surface area (Å²) in [5, 5.41) is 39.5. The third-order valence-corrected chi connectivity index (χ3v) is 9.75. The predicted molar refractivity (Wildman–Crippen MR) is 150 cm³/mol. The Kier molecular flexibility index (Phi) is 10.5. The maximum atomic E-state index is 11.4. The van der Waals surface area contributed by atoms with Crippen LogP contribution >= 0.6 is 0 Å². The van der Waals surface area contributed by atoms with Gasteiger partial charge in [0.25, 0.3) is 0 Å². The van der Waals surface area contributed by atoms with Gasteiger partial charge in [-0.05, 0) is 84.3 Å². The van der Waals surface area contributed by atoms with Gasteiger partial charge in [0.1, 0.15) is 6.10 Å². The molecule has 226 valence electrons. The smallest absolute Gasteiger partial charge is 0.335 e. The molecule has 2 fully saturated rings. The van der Waals surface area contributed by atoms with Crippen LogP contribution in [-0.2, 0) is 19.1 Å². The number of pyridine rings is 1. The van der Waals surface area contributed by atoms with Gasteiger partial charge in [-0.3, -0.25) is 9.78 Å². The highest BCUT2D eigenvalue weighted by Gasteiger charge is 2.57. The van der Waals surface area contributed by atoms with Crippen molar-refractivity contribution in [3.63, 3.8) is 0 Å². The lowest BCUT2D eigenvalue weighted by Gasteiger charge is -2.57. The zero-order valence-electron chi connectivity index (χ0n) is 24.2. The number of esters is 1. The van der Waals surface area contributed by atoms with E-state index in [1.807, 2.05) is 12.4 Å². The molecule has 0 amide bonds. The molecule has 1 aromatic heterocycles. The highest BCUT2D eigenvalue weighted by molar-refractivity contribution is 5.83. The van der Waals surface area contributed by atoms with E-state index in [0.717, 1.165) is 44.1 Å². The summed E-state index contributed by atoms with van der Waals surface area (Å²) in [6, 6.07) is 4.30. The number of hydrogen-bond donors (Lipinski definition) is 5. The van der Waals surface area contributed by atoms with Crippen molar-refractivity contribution in [2.24, 2.45) is 28.6 Å². The largest absolute Gasteiger partial charge is 0.479 e. The van der Waals surface area contributed by atoms with Gasteiger partial charge in [-0.2, -0.15) is 0 Å². The predicted octanol–water partition coefficient (Wildman–Crippen LogP) is 3.46. The molecule has 0 aromatic carbocycles. The monoisotopic (exact) mass is 573 g/mol. The van der Waals surface area contributed by atoms with Crippen LogP contribution in [0.5, 0.6) is 0 Å². The van der Waals surface area contributed by atoms with E-state index in [2.05, 4.69) is 43.1 Å². The van der Waals surface area contributed by atoms with Crippen LogP contribution in [0.4, 0.5) is 0 Å². The number of aromatic nitrogens is 1. The minimum Gasteiger partial charge on any atom is -0.479 e. The second-order valence-electron chi connectivity index (χ2n) is 11.9. The number of aliphatic hydroxyl groups excluding tert-OH is 3. The van der Waals surface area contributed by atoms with E-state index in [1.165, 1.54) is 43.7 Å². The summed E-state index contributed by atoms with van der Waals surface area (Å²) < 4.78 is 5.58. The first-order chi connectivity index (χ1) is 19.4. The summed E-state index contributed by atoms with van der Waals surface area (Å²) in [7, 11) is 1.00. The van der Waals surface area contributed by atoms with E-state index >= 15 is 0 Å². The molecule has 4 aliphatic carbocycles. The number of aliphatic hydroxyl groups is 3. The number of allylic oxidation sites excluding steroid dienone is 3. The van der Waals surface area contributed by atoms with E-state index in [-0.39, 0.29) is 22.9 Å². The van der Waals surface area contributed by atoms with E-state index in [0.29, 0.717) is 0 Å². The molecule has 10 heteroatoms. The molecule has 10 nitrogen and oxygen atoms in total. The quantitative estimate of drug-likeness (QED) is 0.259. The molecule has 5 rings (SSSR count). The molecule has 1 aromatic rings. The fourth-order valence-electron chi connectivity index (χ4n) is 7.77. The van der Waals surface area contributed by atoms with Crippen LogP contribution in [0, 0.1) is 28.6 Å². The zero-order chi connectivity index (χ0) is 30.5. The van der Waals surface area contributed by atoms with Crippen LogP contribution in [0.15, 0.2) is 42.3 Å². The van der Waals surface area contributed by atoms with Crippen LogP contribution in [0.25, 0.3) is 5.57 Å². The van der Waals surface area contributed by atoms with Gasteiger partial charge >= 0.3 is 17.9 Å². The number of nitrogens with zero attached hydrogens (tertiary/aromatic N) is 1. The standard InChI is InChI=1S/C26H33NO2.C4H6O6.CH4O/c1-17(28)29-20-10-12-25(2)19(15-20)6-7-21-23-9-8-22(18-5-4-14-27-16-18)26(23,3)13-11-24(21)25;5-1(3(7)8)2(6)4(9)10;1-2/h4-6,8,14,16,20-21,23-24H,7,9-13,15H2,1-3H3;1-2,5-6H,(H,7,8)(H,9,10);2H,1H3/t20-,21-,23-,24-,25-,26+;1-,2-;/m01./s1. The Morgan fingerprint density at radius 1 is 0.951 bits per heavy atom. The zero-order valence-corrected chi connectivity index (χ0v) is 24.2. The lowest BCUT2D eigenvalue weighted by Crippen LogP contribution is -2.50. The van der Waals surface area contributed by atoms with Crippen LogP contribution in [0.2, 0.25) is 0 Å². The van der Waals surface area contributed by atoms with E-state index in [9.17, 15) is 14.4 Å². The molecule has 0 spiro atoms. The number of hydrogen-bond acceptors (Lipinski definition) is 8. The summed E-state index contributed by atoms with van der Waals surface area (Å²) in [4.78, 5) is 35.4. The van der Waals surface area contributed by atoms with Crippen molar-refractivity contribution >= 4 is 23.5 Å². The number of fused-ring (bicyclic) bond motifs is 5. The van der Waals surface area contributed by atoms with E-state index in [4.69, 9.17) is 30.3 Å². The number of carboxylic acids is 2. The average Bonchev–Trinajstić information content (AvgIpc) is 3.31. The van der Waals surface area contributed by atoms with Crippen molar-refractivity contribution in [3.05, 3.63) is 47.8 Å². The van der Waals surface area contributed by atoms with Crippen molar-refractivity contribution in [2.75, 3.05) is 7.11 Å². The highest BCUT2D eigenvalue weighted by Crippen LogP contribution is 2.66. The van der Waals surface area contributed by atoms with Crippen molar-refractivity contribution in [3.8, 4) is 0 Å². The van der Waals surface area contributed by atoms with Crippen LogP contribution in [-0.4, -0.2) is 73.8 Å². The Morgan fingerprint density at radius 2 is 1.59 bits per heavy atom. The van der Waals surface area contributed by atoms with Crippen molar-refractivity contribution in [1.82, 2.24) is 4.98 Å². The van der Waals surface area contributed by atoms with Gasteiger partial charge in [-0.1, -0.05) is 37.6 Å². The lowest BCUT2D eigenvalue weighted by atomic mass is 9.47. The Hall–Kier alpha value is -3.08. The minimum atomic E-state index is -2.27. The second-order valence-corrected chi connectivity index (χ2v) is 11.9. The van der Waals surface area contributed by atoms with Crippen LogP contribution in [0.1, 0.15) is 71.3 Å². The van der Waals surface area contributed by atoms with Crippen molar-refractivity contribution in [1.29, 1.82) is 0 Å². The summed E-state index contributed by atoms with van der Waals surface area (Å²) in [6.45, 7) is 6.56. The van der Waals surface area contributed by atoms with Gasteiger partial charge in [0, 0.05) is 32.8 Å². The van der Waals surface area contributed by atoms with Crippen LogP contribution in [0.3, 0.4) is 0 Å². The molecule has 8 atom stereocenters. The lowest BCUT2D eigenvalue weighted by molar-refractivity contribution is -0.165. The van der Waals surface area contributed by atoms with Crippen molar-refractivity contribution in [2.45, 2.75) is 84.0 Å². The number of aliphatic carboxylic acids is 2. The van der Waals surface area contributed by atoms with Gasteiger partial charge in [-0.25, -0.2) is 9.59 Å². The molecule has 41 heavy (non-hydrogen) atoms. The molecule has 2 saturated carbocycles. The van der Waals surface area contributed by atoms with Gasteiger partial charge in [0.05, 0.1) is 0 Å². The molecular formula is C31H43NO9. The molecule has 5 N–H and O–H groups in total. The van der Waals surface area contributed by atoms with Crippen molar-refractivity contribution < 1.29 is 44.7 Å². The fourth-order valence-corrected chi connectivity index (χ4v) is 7.77. The molecule has 4 aliphatic rings. The maximum Gasteiger partial charge on any atom is 0.335 e. The van der Waals surface area contributed by atoms with Crippen LogP contribution < -0.4 is 0 Å². The molecule has 0 radical (unpaired) electrons. The van der Waals surface area contributed by atoms with E-state index in [1.54, 1.807) is 5.57 Å². The third kappa shape index (κ3) is 6.55. The summed E-state index contributed by atoms with van der Waals surface area (Å²) >= 11 is 0. The Morgan fingerprint density at radius 3 is 2.15 bits per heavy atom. The third-order valence-electron chi connectivity index (χ3n) is 9.75. The Balaban J connectivity index is 0.000000330. The highest BCUT2D eigenvalue weighted by atomic mass is 16.5. The average molecular weight is 574 g/mol. The first-order valence-electron chi connectivity index (χ1n) is 14.1. The van der Waals surface area contributed by atoms with E-state index < -0.39 is 24.1 Å². The first-order valence-corrected chi connectivity index (χ1v) is 14.1. The van der Waals surface area contributed by atoms with Gasteiger partial charge in [-0.15, -0.1) is 0 Å². The number of rotatable bonds is 5. The number of carbonyl (C=O) groups excluding carboxylic acids is 1. The van der Waals surface area contributed by atoms with Gasteiger partial charge in [0.15, 0.2) is 12.2 Å². The van der Waals surface area contributed by atoms with Gasteiger partial charge in [0.2, 0.25) is 0 Å². The molecule has 1 heterocycles. The fraction of sp³-hybridized carbons (Fsp3) is 0.613. The minimum absolute atomic E-state index is 0.0857. The maximum absolute atomic E-state index is 11.4. The SMILES string of the molecule is CC(=O)O[C@H]1CC[C@@]2(C)C(=CC[C@@H]3[C@@H]2CC[C@]2(C)C(c4cccnc4)=CC[C@@H]32)C1.CO.O=C(O)[C@H](O)[C@@H](O)C(=O)O. The first kappa shape index (κ1) is 32.4. The number of carbonyl (C=O) groups is 3. The Labute approximate surface area is 240 Å². The molecule has 0 unspecified atom stereocenters. The molecule has 0 saturated heterocycles. The molecule has 0 aliphatic heterocycles. The number of carboxylic acid groups (broad SMARTS) is 2. The summed E-state index contributed by atoms with van der Waals surface area (Å²) in [5.41, 5.74) is 4.99. The number of ether oxygens (including phenoxy) is 1. The Bertz CT molecular complexity index is 1150. The molecular weight excluding hydrogens is 530 g/mol. The van der Waals surface area contributed by atoms with Gasteiger partial charge < -0.3 is 30.3 Å². The summed E-state index contributed by atoms with van der Waals surface area (Å²) in [5.74, 6) is -1.41. The topological polar surface area (TPSA) is 174 Å². The second kappa shape index (κ2) is 13.3. The normalized spacial score (nSPS) is 32.9. The molecule has 0 bridgehead atoms. The summed E-state index contributed by atoms with van der Waals surface area (Å²) in [6.07, 6.45) is 12.6.